The van der Waals surface area contributed by atoms with Gasteiger partial charge in [0, 0.05) is 0 Å². The van der Waals surface area contributed by atoms with Crippen LogP contribution in [0.5, 0.6) is 5.75 Å². The lowest BCUT2D eigenvalue weighted by atomic mass is 10.1. The first kappa shape index (κ1) is 8.08. The van der Waals surface area contributed by atoms with Crippen LogP contribution in [0.4, 0.5) is 0 Å². The topological polar surface area (TPSA) is 37.3 Å². The highest BCUT2D eigenvalue weighted by Crippen LogP contribution is 2.26. The summed E-state index contributed by atoms with van der Waals surface area (Å²) in [6, 6.07) is 3.24. The van der Waals surface area contributed by atoms with Crippen LogP contribution in [0.2, 0.25) is 5.02 Å². The molecule has 0 aromatic heterocycles. The first-order valence-corrected chi connectivity index (χ1v) is 3.48. The normalized spacial score (nSPS) is 9.64. The molecule has 2 nitrogen and oxygen atoms in total. The van der Waals surface area contributed by atoms with Gasteiger partial charge in [0.1, 0.15) is 5.75 Å². The SMILES string of the molecule is Cc1ccc(Cl)c(C=O)c1O. The molecule has 3 heteroatoms. The van der Waals surface area contributed by atoms with Crippen LogP contribution in [0.15, 0.2) is 12.1 Å². The van der Waals surface area contributed by atoms with Crippen LogP contribution in [0.1, 0.15) is 15.9 Å². The molecule has 0 saturated heterocycles. The molecule has 0 heterocycles. The van der Waals surface area contributed by atoms with E-state index in [9.17, 15) is 9.90 Å². The first-order valence-electron chi connectivity index (χ1n) is 3.10. The minimum Gasteiger partial charge on any atom is -0.507 e. The summed E-state index contributed by atoms with van der Waals surface area (Å²) in [6.45, 7) is 1.71. The highest BCUT2D eigenvalue weighted by Gasteiger charge is 2.06. The van der Waals surface area contributed by atoms with Gasteiger partial charge in [-0.2, -0.15) is 0 Å². The molecular weight excluding hydrogens is 164 g/mol. The highest BCUT2D eigenvalue weighted by molar-refractivity contribution is 6.33. The Hall–Kier alpha value is -1.02. The van der Waals surface area contributed by atoms with Crippen molar-refractivity contribution < 1.29 is 9.90 Å². The Balaban J connectivity index is 3.40. The third-order valence-corrected chi connectivity index (χ3v) is 1.81. The number of phenols is 1. The first-order chi connectivity index (χ1) is 5.16. The molecule has 0 saturated carbocycles. The van der Waals surface area contributed by atoms with Gasteiger partial charge in [0.05, 0.1) is 10.6 Å². The average Bonchev–Trinajstić information content (AvgIpc) is 1.99. The van der Waals surface area contributed by atoms with E-state index >= 15 is 0 Å². The van der Waals surface area contributed by atoms with E-state index in [1.54, 1.807) is 19.1 Å². The molecule has 0 amide bonds. The van der Waals surface area contributed by atoms with E-state index in [1.165, 1.54) is 0 Å². The van der Waals surface area contributed by atoms with Crippen molar-refractivity contribution in [3.63, 3.8) is 0 Å². The zero-order valence-corrected chi connectivity index (χ0v) is 6.72. The maximum atomic E-state index is 10.4. The van der Waals surface area contributed by atoms with Crippen LogP contribution in [0.25, 0.3) is 0 Å². The highest BCUT2D eigenvalue weighted by atomic mass is 35.5. The van der Waals surface area contributed by atoms with E-state index in [-0.39, 0.29) is 16.3 Å². The van der Waals surface area contributed by atoms with Crippen molar-refractivity contribution in [3.8, 4) is 5.75 Å². The number of aryl methyl sites for hydroxylation is 1. The Morgan fingerprint density at radius 3 is 2.64 bits per heavy atom. The van der Waals surface area contributed by atoms with E-state index in [1.807, 2.05) is 0 Å². The van der Waals surface area contributed by atoms with Crippen LogP contribution < -0.4 is 0 Å². The molecule has 1 N–H and O–H groups in total. The van der Waals surface area contributed by atoms with Crippen molar-refractivity contribution in [2.45, 2.75) is 6.92 Å². The van der Waals surface area contributed by atoms with Gasteiger partial charge in [-0.05, 0) is 18.6 Å². The van der Waals surface area contributed by atoms with Crippen molar-refractivity contribution in [2.24, 2.45) is 0 Å². The van der Waals surface area contributed by atoms with Gasteiger partial charge in [-0.25, -0.2) is 0 Å². The van der Waals surface area contributed by atoms with Gasteiger partial charge in [-0.3, -0.25) is 4.79 Å². The summed E-state index contributed by atoms with van der Waals surface area (Å²) in [6.07, 6.45) is 0.546. The van der Waals surface area contributed by atoms with Gasteiger partial charge in [0.25, 0.3) is 0 Å². The van der Waals surface area contributed by atoms with Crippen LogP contribution in [0, 0.1) is 6.92 Å². The summed E-state index contributed by atoms with van der Waals surface area (Å²) < 4.78 is 0. The second-order valence-corrected chi connectivity index (χ2v) is 2.65. The van der Waals surface area contributed by atoms with E-state index in [0.29, 0.717) is 11.8 Å². The van der Waals surface area contributed by atoms with Gasteiger partial charge >= 0.3 is 0 Å². The Kier molecular flexibility index (Phi) is 2.15. The molecule has 0 unspecified atom stereocenters. The minimum absolute atomic E-state index is 0.0347. The number of aromatic hydroxyl groups is 1. The molecule has 0 atom stereocenters. The van der Waals surface area contributed by atoms with Crippen LogP contribution in [0.3, 0.4) is 0 Å². The summed E-state index contributed by atoms with van der Waals surface area (Å²) in [4.78, 5) is 10.4. The number of phenolic OH excluding ortho intramolecular Hbond substituents is 1. The molecule has 11 heavy (non-hydrogen) atoms. The average molecular weight is 171 g/mol. The summed E-state index contributed by atoms with van der Waals surface area (Å²) in [5.41, 5.74) is 0.808. The fourth-order valence-electron chi connectivity index (χ4n) is 0.805. The molecular formula is C8H7ClO2. The summed E-state index contributed by atoms with van der Waals surface area (Å²) in [5.74, 6) is -0.0347. The zero-order valence-electron chi connectivity index (χ0n) is 5.97. The van der Waals surface area contributed by atoms with Gasteiger partial charge in [0.2, 0.25) is 0 Å². The smallest absolute Gasteiger partial charge is 0.155 e. The standard InChI is InChI=1S/C8H7ClO2/c1-5-2-3-7(9)6(4-10)8(5)11/h2-4,11H,1H3. The third kappa shape index (κ3) is 1.35. The summed E-state index contributed by atoms with van der Waals surface area (Å²) >= 11 is 5.61. The second-order valence-electron chi connectivity index (χ2n) is 2.24. The lowest BCUT2D eigenvalue weighted by Gasteiger charge is -2.01. The lowest BCUT2D eigenvalue weighted by molar-refractivity contribution is 0.112. The Morgan fingerprint density at radius 2 is 2.18 bits per heavy atom. The number of carbonyl (C=O) groups excluding carboxylic acids is 1. The Labute approximate surface area is 69.4 Å². The Bertz CT molecular complexity index is 294. The van der Waals surface area contributed by atoms with Gasteiger partial charge in [-0.1, -0.05) is 17.7 Å². The molecule has 0 spiro atoms. The predicted octanol–water partition coefficient (Wildman–Crippen LogP) is 2.17. The summed E-state index contributed by atoms with van der Waals surface area (Å²) in [7, 11) is 0. The molecule has 0 aliphatic rings. The molecule has 1 rings (SSSR count). The monoisotopic (exact) mass is 170 g/mol. The molecule has 0 radical (unpaired) electrons. The predicted molar refractivity (Wildman–Crippen MR) is 43.2 cm³/mol. The van der Waals surface area contributed by atoms with E-state index in [4.69, 9.17) is 11.6 Å². The van der Waals surface area contributed by atoms with Crippen LogP contribution in [-0.2, 0) is 0 Å². The van der Waals surface area contributed by atoms with E-state index in [2.05, 4.69) is 0 Å². The lowest BCUT2D eigenvalue weighted by Crippen LogP contribution is -1.85. The molecule has 1 aromatic carbocycles. The number of hydrogen-bond acceptors (Lipinski definition) is 2. The van der Waals surface area contributed by atoms with E-state index < -0.39 is 0 Å². The second kappa shape index (κ2) is 2.93. The van der Waals surface area contributed by atoms with Gasteiger partial charge < -0.3 is 5.11 Å². The quantitative estimate of drug-likeness (QED) is 0.656. The Morgan fingerprint density at radius 1 is 1.55 bits per heavy atom. The van der Waals surface area contributed by atoms with Crippen molar-refractivity contribution >= 4 is 17.9 Å². The van der Waals surface area contributed by atoms with Gasteiger partial charge in [0.15, 0.2) is 6.29 Å². The van der Waals surface area contributed by atoms with Crippen LogP contribution >= 0.6 is 11.6 Å². The van der Waals surface area contributed by atoms with Gasteiger partial charge in [-0.15, -0.1) is 0 Å². The number of aldehydes is 1. The van der Waals surface area contributed by atoms with Crippen molar-refractivity contribution in [2.75, 3.05) is 0 Å². The largest absolute Gasteiger partial charge is 0.507 e. The fraction of sp³-hybridized carbons (Fsp3) is 0.125. The van der Waals surface area contributed by atoms with Crippen molar-refractivity contribution in [3.05, 3.63) is 28.3 Å². The fourth-order valence-corrected chi connectivity index (χ4v) is 1.00. The number of hydrogen-bond donors (Lipinski definition) is 1. The van der Waals surface area contributed by atoms with Crippen molar-refractivity contribution in [1.82, 2.24) is 0 Å². The molecule has 0 fully saturated rings. The van der Waals surface area contributed by atoms with Crippen molar-refractivity contribution in [1.29, 1.82) is 0 Å². The molecule has 0 bridgehead atoms. The van der Waals surface area contributed by atoms with Crippen LogP contribution in [-0.4, -0.2) is 11.4 Å². The molecule has 1 aromatic rings. The summed E-state index contributed by atoms with van der Waals surface area (Å²) in [5, 5.41) is 9.54. The number of rotatable bonds is 1. The number of carbonyl (C=O) groups is 1. The van der Waals surface area contributed by atoms with E-state index in [0.717, 1.165) is 0 Å². The third-order valence-electron chi connectivity index (χ3n) is 1.48. The minimum atomic E-state index is -0.0347. The molecule has 58 valence electrons. The zero-order chi connectivity index (χ0) is 8.43. The number of halogens is 1. The number of benzene rings is 1. The molecule has 0 aliphatic carbocycles. The maximum absolute atomic E-state index is 10.4. The maximum Gasteiger partial charge on any atom is 0.155 e. The molecule has 0 aliphatic heterocycles.